The predicted molar refractivity (Wildman–Crippen MR) is 72.4 cm³/mol. The van der Waals surface area contributed by atoms with Crippen LogP contribution in [0.2, 0.25) is 0 Å². The number of rotatable bonds is 4. The third-order valence-corrected chi connectivity index (χ3v) is 3.92. The summed E-state index contributed by atoms with van der Waals surface area (Å²) in [5.41, 5.74) is 1.30. The molecule has 1 atom stereocenters. The Morgan fingerprint density at radius 3 is 2.76 bits per heavy atom. The minimum atomic E-state index is 0.350. The molecule has 94 valence electrons. The molecular weight excluding hydrogens is 210 g/mol. The number of pyridine rings is 1. The van der Waals surface area contributed by atoms with Crippen LogP contribution in [0.25, 0.3) is 0 Å². The van der Waals surface area contributed by atoms with Gasteiger partial charge in [0.1, 0.15) is 5.82 Å². The van der Waals surface area contributed by atoms with Gasteiger partial charge in [0.05, 0.1) is 0 Å². The molecule has 2 rings (SSSR count). The van der Waals surface area contributed by atoms with E-state index in [1.807, 2.05) is 19.3 Å². The minimum absolute atomic E-state index is 0.350. The monoisotopic (exact) mass is 233 g/mol. The lowest BCUT2D eigenvalue weighted by Crippen LogP contribution is -2.31. The van der Waals surface area contributed by atoms with Crippen LogP contribution >= 0.6 is 0 Å². The Hall–Kier alpha value is -1.09. The third kappa shape index (κ3) is 2.60. The van der Waals surface area contributed by atoms with Crippen molar-refractivity contribution in [3.63, 3.8) is 0 Å². The zero-order chi connectivity index (χ0) is 12.3. The van der Waals surface area contributed by atoms with E-state index in [1.165, 1.54) is 31.2 Å². The molecule has 1 aliphatic rings. The molecule has 1 aromatic heterocycles. The van der Waals surface area contributed by atoms with Crippen molar-refractivity contribution in [3.05, 3.63) is 23.9 Å². The van der Waals surface area contributed by atoms with Crippen molar-refractivity contribution in [1.82, 2.24) is 10.3 Å². The summed E-state index contributed by atoms with van der Waals surface area (Å²) in [5, 5.41) is 3.30. The van der Waals surface area contributed by atoms with E-state index < -0.39 is 0 Å². The highest BCUT2D eigenvalue weighted by molar-refractivity contribution is 5.48. The Labute approximate surface area is 104 Å². The molecule has 0 aromatic carbocycles. The average Bonchev–Trinajstić information content (AvgIpc) is 2.91. The third-order valence-electron chi connectivity index (χ3n) is 3.92. The van der Waals surface area contributed by atoms with Crippen LogP contribution in [-0.2, 0) is 0 Å². The second-order valence-corrected chi connectivity index (χ2v) is 4.98. The lowest BCUT2D eigenvalue weighted by atomic mass is 10.1. The summed E-state index contributed by atoms with van der Waals surface area (Å²) in [5.74, 6) is 1.14. The van der Waals surface area contributed by atoms with Gasteiger partial charge in [0, 0.05) is 30.9 Å². The van der Waals surface area contributed by atoms with Crippen LogP contribution in [0.1, 0.15) is 44.2 Å². The second kappa shape index (κ2) is 5.50. The summed E-state index contributed by atoms with van der Waals surface area (Å²) >= 11 is 0. The van der Waals surface area contributed by atoms with Crippen molar-refractivity contribution in [2.45, 2.75) is 44.7 Å². The van der Waals surface area contributed by atoms with Crippen molar-refractivity contribution >= 4 is 5.82 Å². The Balaban J connectivity index is 2.24. The van der Waals surface area contributed by atoms with E-state index in [0.29, 0.717) is 12.1 Å². The zero-order valence-corrected chi connectivity index (χ0v) is 11.1. The summed E-state index contributed by atoms with van der Waals surface area (Å²) in [6, 6.07) is 5.22. The van der Waals surface area contributed by atoms with Gasteiger partial charge in [-0.2, -0.15) is 0 Å². The van der Waals surface area contributed by atoms with Gasteiger partial charge in [-0.05, 0) is 32.9 Å². The molecule has 3 heteroatoms. The summed E-state index contributed by atoms with van der Waals surface area (Å²) in [4.78, 5) is 6.95. The van der Waals surface area contributed by atoms with Crippen LogP contribution in [0.5, 0.6) is 0 Å². The summed E-state index contributed by atoms with van der Waals surface area (Å²) < 4.78 is 0. The first kappa shape index (κ1) is 12.4. The summed E-state index contributed by atoms with van der Waals surface area (Å²) in [6.07, 6.45) is 7.23. The van der Waals surface area contributed by atoms with Crippen molar-refractivity contribution in [2.75, 3.05) is 19.0 Å². The van der Waals surface area contributed by atoms with E-state index in [0.717, 1.165) is 5.82 Å². The molecule has 17 heavy (non-hydrogen) atoms. The fourth-order valence-corrected chi connectivity index (χ4v) is 2.66. The molecule has 1 aliphatic carbocycles. The van der Waals surface area contributed by atoms with Crippen molar-refractivity contribution in [1.29, 1.82) is 0 Å². The lowest BCUT2D eigenvalue weighted by Gasteiger charge is -2.28. The molecular formula is C14H23N3. The van der Waals surface area contributed by atoms with E-state index in [9.17, 15) is 0 Å². The van der Waals surface area contributed by atoms with Gasteiger partial charge in [0.25, 0.3) is 0 Å². The van der Waals surface area contributed by atoms with Gasteiger partial charge in [-0.15, -0.1) is 0 Å². The van der Waals surface area contributed by atoms with Crippen LogP contribution in [-0.4, -0.2) is 25.1 Å². The first-order valence-electron chi connectivity index (χ1n) is 6.59. The van der Waals surface area contributed by atoms with Gasteiger partial charge >= 0.3 is 0 Å². The molecule has 1 aromatic rings. The summed E-state index contributed by atoms with van der Waals surface area (Å²) in [7, 11) is 4.18. The molecule has 3 nitrogen and oxygen atoms in total. The van der Waals surface area contributed by atoms with Crippen LogP contribution in [0.4, 0.5) is 5.82 Å². The Kier molecular flexibility index (Phi) is 4.00. The molecule has 1 N–H and O–H groups in total. The van der Waals surface area contributed by atoms with Crippen LogP contribution in [0.15, 0.2) is 18.3 Å². The zero-order valence-electron chi connectivity index (χ0n) is 11.1. The number of nitrogens with one attached hydrogen (secondary N) is 1. The number of hydrogen-bond acceptors (Lipinski definition) is 3. The number of hydrogen-bond donors (Lipinski definition) is 1. The SMILES string of the molecule is CNC(C)c1cccnc1N(C)C1CCCC1. The molecule has 0 amide bonds. The molecule has 1 saturated carbocycles. The quantitative estimate of drug-likeness (QED) is 0.866. The van der Waals surface area contributed by atoms with Gasteiger partial charge in [0.2, 0.25) is 0 Å². The Morgan fingerprint density at radius 2 is 2.12 bits per heavy atom. The standard InChI is InChI=1S/C14H23N3/c1-11(15-2)13-9-6-10-16-14(13)17(3)12-7-4-5-8-12/h6,9-12,15H,4-5,7-8H2,1-3H3. The average molecular weight is 233 g/mol. The number of nitrogens with zero attached hydrogens (tertiary/aromatic N) is 2. The Morgan fingerprint density at radius 1 is 1.41 bits per heavy atom. The maximum absolute atomic E-state index is 4.58. The topological polar surface area (TPSA) is 28.2 Å². The lowest BCUT2D eigenvalue weighted by molar-refractivity contribution is 0.617. The highest BCUT2D eigenvalue weighted by atomic mass is 15.2. The first-order chi connectivity index (χ1) is 8.24. The number of aromatic nitrogens is 1. The van der Waals surface area contributed by atoms with E-state index in [4.69, 9.17) is 0 Å². The van der Waals surface area contributed by atoms with E-state index in [-0.39, 0.29) is 0 Å². The van der Waals surface area contributed by atoms with E-state index in [2.05, 4.69) is 35.2 Å². The molecule has 0 saturated heterocycles. The van der Waals surface area contributed by atoms with Gasteiger partial charge in [-0.1, -0.05) is 18.9 Å². The van der Waals surface area contributed by atoms with Gasteiger partial charge < -0.3 is 10.2 Å². The molecule has 1 fully saturated rings. The van der Waals surface area contributed by atoms with E-state index >= 15 is 0 Å². The molecule has 0 bridgehead atoms. The van der Waals surface area contributed by atoms with Gasteiger partial charge in [0.15, 0.2) is 0 Å². The Bertz CT molecular complexity index is 358. The molecule has 0 radical (unpaired) electrons. The molecule has 0 aliphatic heterocycles. The van der Waals surface area contributed by atoms with Crippen LogP contribution in [0.3, 0.4) is 0 Å². The summed E-state index contributed by atoms with van der Waals surface area (Å²) in [6.45, 7) is 2.18. The second-order valence-electron chi connectivity index (χ2n) is 4.98. The fourth-order valence-electron chi connectivity index (χ4n) is 2.66. The van der Waals surface area contributed by atoms with Gasteiger partial charge in [-0.3, -0.25) is 0 Å². The predicted octanol–water partition coefficient (Wildman–Crippen LogP) is 2.74. The minimum Gasteiger partial charge on any atom is -0.356 e. The maximum atomic E-state index is 4.58. The highest BCUT2D eigenvalue weighted by Crippen LogP contribution is 2.29. The van der Waals surface area contributed by atoms with Crippen molar-refractivity contribution in [3.8, 4) is 0 Å². The van der Waals surface area contributed by atoms with Crippen LogP contribution < -0.4 is 10.2 Å². The maximum Gasteiger partial charge on any atom is 0.133 e. The largest absolute Gasteiger partial charge is 0.356 e. The first-order valence-corrected chi connectivity index (χ1v) is 6.59. The molecule has 0 spiro atoms. The smallest absolute Gasteiger partial charge is 0.133 e. The van der Waals surface area contributed by atoms with Crippen molar-refractivity contribution in [2.24, 2.45) is 0 Å². The van der Waals surface area contributed by atoms with Crippen LogP contribution in [0, 0.1) is 0 Å². The van der Waals surface area contributed by atoms with E-state index in [1.54, 1.807) is 0 Å². The molecule has 1 heterocycles. The van der Waals surface area contributed by atoms with Gasteiger partial charge in [-0.25, -0.2) is 4.98 Å². The normalized spacial score (nSPS) is 18.3. The number of anilines is 1. The highest BCUT2D eigenvalue weighted by Gasteiger charge is 2.23. The van der Waals surface area contributed by atoms with Crippen molar-refractivity contribution < 1.29 is 0 Å². The molecule has 1 unspecified atom stereocenters. The fraction of sp³-hybridized carbons (Fsp3) is 0.643.